The maximum Gasteiger partial charge on any atom is 0 e. The van der Waals surface area contributed by atoms with E-state index in [2.05, 4.69) is 20.0 Å². The second-order valence-electron chi connectivity index (χ2n) is 3.75. The molecule has 2 aliphatic rings. The van der Waals surface area contributed by atoms with Crippen LogP contribution in [0.25, 0.3) is 0 Å². The first kappa shape index (κ1) is 25.8. The Balaban J connectivity index is -0.000000514. The van der Waals surface area contributed by atoms with Crippen LogP contribution in [-0.2, 0) is 40.6 Å². The predicted octanol–water partition coefficient (Wildman–Crippen LogP) is 2.06. The van der Waals surface area contributed by atoms with Crippen LogP contribution in [0.1, 0.15) is 6.42 Å². The Labute approximate surface area is 145 Å². The monoisotopic (exact) mass is 355 g/mol. The molecule has 0 heterocycles. The maximum atomic E-state index is 11.5. The van der Waals surface area contributed by atoms with E-state index in [1.54, 1.807) is 0 Å². The molecule has 120 valence electrons. The molecule has 1 N–H and O–H groups in total. The topological polar surface area (TPSA) is 110 Å². The van der Waals surface area contributed by atoms with Crippen molar-refractivity contribution in [3.8, 4) is 0 Å². The van der Waals surface area contributed by atoms with Gasteiger partial charge in [0.15, 0.2) is 5.78 Å². The molecule has 2 rings (SSSR count). The summed E-state index contributed by atoms with van der Waals surface area (Å²) in [5, 5.41) is 7.96. The Bertz CT molecular complexity index is 565. The quantitative estimate of drug-likeness (QED) is 0.354. The fourth-order valence-corrected chi connectivity index (χ4v) is 1.88. The molecule has 0 aliphatic heterocycles. The fraction of sp³-hybridized carbons (Fsp3) is 0.188. The minimum atomic E-state index is -0.106. The van der Waals surface area contributed by atoms with Crippen molar-refractivity contribution in [1.82, 2.24) is 0 Å². The Morgan fingerprint density at radius 3 is 2.13 bits per heavy atom. The van der Waals surface area contributed by atoms with E-state index in [0.29, 0.717) is 11.5 Å². The number of carbonyl (C=O) groups excluding carboxylic acids is 1. The van der Waals surface area contributed by atoms with Gasteiger partial charge in [0.25, 0.3) is 0 Å². The molecule has 1 atom stereocenters. The molecule has 0 amide bonds. The van der Waals surface area contributed by atoms with Crippen molar-refractivity contribution in [2.24, 2.45) is 5.92 Å². The molecule has 0 saturated carbocycles. The number of methoxy groups -OCH3 is 1. The Hall–Kier alpha value is -2.16. The van der Waals surface area contributed by atoms with E-state index in [-0.39, 0.29) is 28.8 Å². The number of ketones is 1. The van der Waals surface area contributed by atoms with Crippen LogP contribution < -0.4 is 0 Å². The zero-order valence-corrected chi connectivity index (χ0v) is 13.2. The second kappa shape index (κ2) is 16.2. The summed E-state index contributed by atoms with van der Waals surface area (Å²) in [6.45, 7) is 13.5. The summed E-state index contributed by atoms with van der Waals surface area (Å²) in [4.78, 5) is 11.5. The standard InChI is InChI=1S/C13H13NO2.3CO.Fe/c1-16-12-8-10(15)7-11(13(12)14)9-5-3-2-4-6-9;3*1-2;/h2-5,7-9,14H,6H2,1H3;;;;. The van der Waals surface area contributed by atoms with Crippen LogP contribution in [0.2, 0.25) is 0 Å². The van der Waals surface area contributed by atoms with Gasteiger partial charge in [0.1, 0.15) is 11.5 Å². The molecule has 0 spiro atoms. The minimum Gasteiger partial charge on any atom is 0 e. The van der Waals surface area contributed by atoms with Crippen LogP contribution in [0, 0.1) is 31.3 Å². The van der Waals surface area contributed by atoms with Crippen molar-refractivity contribution in [3.05, 3.63) is 67.7 Å². The Morgan fingerprint density at radius 2 is 1.70 bits per heavy atom. The third kappa shape index (κ3) is 8.15. The van der Waals surface area contributed by atoms with Gasteiger partial charge < -0.3 is 4.74 Å². The molecular weight excluding hydrogens is 342 g/mol. The van der Waals surface area contributed by atoms with Crippen molar-refractivity contribution >= 4 is 11.5 Å². The van der Waals surface area contributed by atoms with Crippen LogP contribution >= 0.6 is 0 Å². The van der Waals surface area contributed by atoms with Gasteiger partial charge in [-0.15, -0.1) is 0 Å². The molecule has 0 aromatic heterocycles. The smallest absolute Gasteiger partial charge is 0 e. The van der Waals surface area contributed by atoms with E-state index in [9.17, 15) is 4.79 Å². The SMILES string of the molecule is COC1=CC(=O)C=C(C2C=CC=CC2)C1=N.[C-]#[O+].[C-]#[O+].[C-]#[O+].[Fe]. The third-order valence-corrected chi connectivity index (χ3v) is 2.71. The Morgan fingerprint density at radius 1 is 1.13 bits per heavy atom. The summed E-state index contributed by atoms with van der Waals surface area (Å²) in [6, 6.07) is 0. The first-order valence-corrected chi connectivity index (χ1v) is 5.77. The molecule has 0 bridgehead atoms. The number of rotatable bonds is 2. The second-order valence-corrected chi connectivity index (χ2v) is 3.75. The van der Waals surface area contributed by atoms with E-state index in [4.69, 9.17) is 24.1 Å². The molecule has 23 heavy (non-hydrogen) atoms. The number of ether oxygens (including phenoxy) is 1. The van der Waals surface area contributed by atoms with Gasteiger partial charge >= 0.3 is 33.9 Å². The van der Waals surface area contributed by atoms with Gasteiger partial charge in [-0.1, -0.05) is 24.3 Å². The summed E-state index contributed by atoms with van der Waals surface area (Å²) >= 11 is 0. The van der Waals surface area contributed by atoms with E-state index in [0.717, 1.165) is 12.0 Å². The van der Waals surface area contributed by atoms with E-state index >= 15 is 0 Å². The first-order valence-electron chi connectivity index (χ1n) is 5.77. The zero-order chi connectivity index (χ0) is 17.5. The van der Waals surface area contributed by atoms with Crippen LogP contribution in [0.3, 0.4) is 0 Å². The number of hydrogen-bond donors (Lipinski definition) is 1. The molecule has 1 unspecified atom stereocenters. The summed E-state index contributed by atoms with van der Waals surface area (Å²) < 4.78 is 27.5. The van der Waals surface area contributed by atoms with Gasteiger partial charge in [-0.2, -0.15) is 0 Å². The molecule has 7 heteroatoms. The first-order chi connectivity index (χ1) is 10.7. The minimum absolute atomic E-state index is 0. The largest absolute Gasteiger partial charge is 0 e. The van der Waals surface area contributed by atoms with Crippen LogP contribution in [0.15, 0.2) is 47.8 Å². The zero-order valence-electron chi connectivity index (χ0n) is 12.1. The number of hydrogen-bond acceptors (Lipinski definition) is 3. The number of carbonyl (C=O) groups is 1. The van der Waals surface area contributed by atoms with Gasteiger partial charge in [0.2, 0.25) is 0 Å². The van der Waals surface area contributed by atoms with Crippen LogP contribution in [0.5, 0.6) is 0 Å². The molecule has 0 aromatic carbocycles. The van der Waals surface area contributed by atoms with Gasteiger partial charge in [-0.25, -0.2) is 0 Å². The fourth-order valence-electron chi connectivity index (χ4n) is 1.88. The number of allylic oxidation sites excluding steroid dienone is 7. The van der Waals surface area contributed by atoms with Gasteiger partial charge in [0, 0.05) is 29.1 Å². The van der Waals surface area contributed by atoms with Gasteiger partial charge in [-0.3, -0.25) is 10.2 Å². The van der Waals surface area contributed by atoms with Crippen LogP contribution in [0.4, 0.5) is 0 Å². The predicted molar refractivity (Wildman–Crippen MR) is 74.1 cm³/mol. The Kier molecular flexibility index (Phi) is 18.2. The summed E-state index contributed by atoms with van der Waals surface area (Å²) in [5.41, 5.74) is 1.05. The van der Waals surface area contributed by atoms with E-state index in [1.807, 2.05) is 24.3 Å². The molecule has 0 saturated heterocycles. The van der Waals surface area contributed by atoms with Crippen molar-refractivity contribution in [1.29, 1.82) is 5.41 Å². The summed E-state index contributed by atoms with van der Waals surface area (Å²) in [6.07, 6.45) is 11.7. The summed E-state index contributed by atoms with van der Waals surface area (Å²) in [5.74, 6) is 0.358. The van der Waals surface area contributed by atoms with E-state index < -0.39 is 0 Å². The van der Waals surface area contributed by atoms with Crippen molar-refractivity contribution in [2.45, 2.75) is 6.42 Å². The molecule has 2 aliphatic carbocycles. The average Bonchev–Trinajstić information content (AvgIpc) is 2.62. The molecule has 0 aromatic rings. The summed E-state index contributed by atoms with van der Waals surface area (Å²) in [7, 11) is 1.48. The maximum absolute atomic E-state index is 11.5. The van der Waals surface area contributed by atoms with Crippen molar-refractivity contribution in [3.63, 3.8) is 0 Å². The molecular formula is C16H13FeNO5. The van der Waals surface area contributed by atoms with Crippen molar-refractivity contribution < 1.29 is 40.6 Å². The van der Waals surface area contributed by atoms with Crippen molar-refractivity contribution in [2.75, 3.05) is 7.11 Å². The van der Waals surface area contributed by atoms with Gasteiger partial charge in [-0.05, 0) is 18.1 Å². The third-order valence-electron chi connectivity index (χ3n) is 2.71. The normalized spacial score (nSPS) is 17.1. The molecule has 0 radical (unpaired) electrons. The number of nitrogens with one attached hydrogen (secondary N) is 1. The molecule has 0 fully saturated rings. The molecule has 6 nitrogen and oxygen atoms in total. The van der Waals surface area contributed by atoms with Gasteiger partial charge in [0.05, 0.1) is 7.11 Å². The van der Waals surface area contributed by atoms with Crippen LogP contribution in [-0.4, -0.2) is 18.6 Å². The van der Waals surface area contributed by atoms with E-state index in [1.165, 1.54) is 19.3 Å². The average molecular weight is 355 g/mol.